The number of nitrogens with one attached hydrogen (secondary N) is 2. The number of ether oxygens (including phenoxy) is 1. The highest BCUT2D eigenvalue weighted by Gasteiger charge is 2.42. The van der Waals surface area contributed by atoms with Crippen molar-refractivity contribution in [3.05, 3.63) is 47.7 Å². The van der Waals surface area contributed by atoms with Crippen LogP contribution >= 0.6 is 11.6 Å². The van der Waals surface area contributed by atoms with E-state index in [2.05, 4.69) is 15.7 Å². The molecule has 3 rings (SSSR count). The smallest absolute Gasteiger partial charge is 0.264 e. The van der Waals surface area contributed by atoms with Crippen molar-refractivity contribution in [1.82, 2.24) is 20.4 Å². The molecule has 7 heteroatoms. The topological polar surface area (TPSA) is 68.2 Å². The molecule has 0 aliphatic carbocycles. The third-order valence-corrected chi connectivity index (χ3v) is 4.93. The van der Waals surface area contributed by atoms with Gasteiger partial charge < -0.3 is 15.4 Å². The Bertz CT molecular complexity index is 697. The average molecular weight is 377 g/mol. The van der Waals surface area contributed by atoms with Gasteiger partial charge in [-0.1, -0.05) is 11.6 Å². The zero-order valence-corrected chi connectivity index (χ0v) is 15.7. The number of benzene rings is 1. The number of hydrogen-bond acceptors (Lipinski definition) is 4. The van der Waals surface area contributed by atoms with Crippen LogP contribution in [0.3, 0.4) is 0 Å². The Balaban J connectivity index is 1.63. The Hall–Kier alpha value is -2.05. The van der Waals surface area contributed by atoms with Gasteiger partial charge in [0, 0.05) is 42.8 Å². The Morgan fingerprint density at radius 3 is 2.77 bits per heavy atom. The number of halogens is 1. The third-order valence-electron chi connectivity index (χ3n) is 4.68. The Morgan fingerprint density at radius 1 is 1.38 bits per heavy atom. The first-order valence-electron chi connectivity index (χ1n) is 9.01. The standard InChI is InChI=1S/C19H25ClN4O2/c1-15(7-14-24-13-2-10-22-24)23-18(25)19(8-11-21-12-9-19)26-17-5-3-16(20)4-6-17/h2-6,10,13,15,21H,7-9,11-12,14H2,1H3,(H,23,25)/t15-/m1/s1. The summed E-state index contributed by atoms with van der Waals surface area (Å²) in [5.41, 5.74) is -0.848. The van der Waals surface area contributed by atoms with E-state index in [9.17, 15) is 4.79 Å². The molecule has 0 spiro atoms. The predicted octanol–water partition coefficient (Wildman–Crippen LogP) is 2.63. The van der Waals surface area contributed by atoms with Crippen LogP contribution in [0.15, 0.2) is 42.7 Å². The van der Waals surface area contributed by atoms with Crippen LogP contribution in [-0.2, 0) is 11.3 Å². The average Bonchev–Trinajstić information content (AvgIpc) is 3.16. The monoisotopic (exact) mass is 376 g/mol. The molecule has 0 unspecified atom stereocenters. The molecule has 2 N–H and O–H groups in total. The molecule has 0 saturated carbocycles. The van der Waals surface area contributed by atoms with Crippen molar-refractivity contribution in [2.45, 2.75) is 44.4 Å². The number of aromatic nitrogens is 2. The zero-order valence-electron chi connectivity index (χ0n) is 15.0. The quantitative estimate of drug-likeness (QED) is 0.779. The molecule has 1 aromatic carbocycles. The summed E-state index contributed by atoms with van der Waals surface area (Å²) >= 11 is 5.95. The highest BCUT2D eigenvalue weighted by atomic mass is 35.5. The maximum Gasteiger partial charge on any atom is 0.264 e. The summed E-state index contributed by atoms with van der Waals surface area (Å²) in [6, 6.07) is 9.09. The molecule has 1 saturated heterocycles. The van der Waals surface area contributed by atoms with E-state index in [1.54, 1.807) is 30.5 Å². The van der Waals surface area contributed by atoms with E-state index in [0.29, 0.717) is 23.6 Å². The number of hydrogen-bond donors (Lipinski definition) is 2. The lowest BCUT2D eigenvalue weighted by atomic mass is 9.90. The van der Waals surface area contributed by atoms with E-state index in [-0.39, 0.29) is 11.9 Å². The molecule has 2 heterocycles. The number of nitrogens with zero attached hydrogens (tertiary/aromatic N) is 2. The van der Waals surface area contributed by atoms with Gasteiger partial charge >= 0.3 is 0 Å². The van der Waals surface area contributed by atoms with Gasteiger partial charge in [-0.3, -0.25) is 9.48 Å². The summed E-state index contributed by atoms with van der Waals surface area (Å²) in [7, 11) is 0. The van der Waals surface area contributed by atoms with Crippen molar-refractivity contribution in [3.8, 4) is 5.75 Å². The van der Waals surface area contributed by atoms with Crippen molar-refractivity contribution in [2.24, 2.45) is 0 Å². The van der Waals surface area contributed by atoms with Crippen molar-refractivity contribution in [1.29, 1.82) is 0 Å². The fraction of sp³-hybridized carbons (Fsp3) is 0.474. The Kier molecular flexibility index (Phi) is 6.16. The minimum absolute atomic E-state index is 0.0345. The van der Waals surface area contributed by atoms with E-state index in [4.69, 9.17) is 16.3 Å². The van der Waals surface area contributed by atoms with Gasteiger partial charge in [0.05, 0.1) is 0 Å². The summed E-state index contributed by atoms with van der Waals surface area (Å²) in [6.45, 7) is 4.28. The van der Waals surface area contributed by atoms with Gasteiger partial charge in [0.25, 0.3) is 5.91 Å². The number of aryl methyl sites for hydroxylation is 1. The molecule has 26 heavy (non-hydrogen) atoms. The molecule has 1 aromatic heterocycles. The van der Waals surface area contributed by atoms with E-state index in [1.807, 2.05) is 23.9 Å². The van der Waals surface area contributed by atoms with Crippen LogP contribution in [0.1, 0.15) is 26.2 Å². The second-order valence-electron chi connectivity index (χ2n) is 6.73. The maximum atomic E-state index is 13.1. The van der Waals surface area contributed by atoms with E-state index >= 15 is 0 Å². The van der Waals surface area contributed by atoms with Gasteiger partial charge in [-0.2, -0.15) is 5.10 Å². The second-order valence-corrected chi connectivity index (χ2v) is 7.17. The summed E-state index contributed by atoms with van der Waals surface area (Å²) in [5, 5.41) is 11.3. The lowest BCUT2D eigenvalue weighted by Gasteiger charge is -2.37. The minimum atomic E-state index is -0.848. The molecule has 1 aliphatic heterocycles. The molecule has 0 bridgehead atoms. The first-order valence-corrected chi connectivity index (χ1v) is 9.39. The second kappa shape index (κ2) is 8.56. The third kappa shape index (κ3) is 4.77. The number of carbonyl (C=O) groups excluding carboxylic acids is 1. The van der Waals surface area contributed by atoms with Gasteiger partial charge in [-0.25, -0.2) is 0 Å². The van der Waals surface area contributed by atoms with Crippen LogP contribution in [0.5, 0.6) is 5.75 Å². The first kappa shape index (κ1) is 18.7. The van der Waals surface area contributed by atoms with E-state index in [1.165, 1.54) is 0 Å². The number of rotatable bonds is 7. The molecule has 6 nitrogen and oxygen atoms in total. The van der Waals surface area contributed by atoms with E-state index < -0.39 is 5.60 Å². The molecule has 2 aromatic rings. The van der Waals surface area contributed by atoms with Crippen LogP contribution < -0.4 is 15.4 Å². The maximum absolute atomic E-state index is 13.1. The van der Waals surface area contributed by atoms with Crippen LogP contribution in [0.4, 0.5) is 0 Å². The van der Waals surface area contributed by atoms with E-state index in [0.717, 1.165) is 26.1 Å². The molecule has 0 radical (unpaired) electrons. The SMILES string of the molecule is C[C@H](CCn1cccn1)NC(=O)C1(Oc2ccc(Cl)cc2)CCNCC1. The normalized spacial score (nSPS) is 17.5. The lowest BCUT2D eigenvalue weighted by Crippen LogP contribution is -2.58. The molecular weight excluding hydrogens is 352 g/mol. The van der Waals surface area contributed by atoms with Gasteiger partial charge in [0.2, 0.25) is 0 Å². The van der Waals surface area contributed by atoms with Crippen molar-refractivity contribution >= 4 is 17.5 Å². The summed E-state index contributed by atoms with van der Waals surface area (Å²) in [5.74, 6) is 0.609. The molecule has 1 atom stereocenters. The summed E-state index contributed by atoms with van der Waals surface area (Å²) < 4.78 is 8.05. The summed E-state index contributed by atoms with van der Waals surface area (Å²) in [6.07, 6.45) is 5.75. The van der Waals surface area contributed by atoms with Crippen LogP contribution in [-0.4, -0.2) is 40.4 Å². The van der Waals surface area contributed by atoms with Gasteiger partial charge in [0.1, 0.15) is 5.75 Å². The molecule has 1 amide bonds. The fourth-order valence-corrected chi connectivity index (χ4v) is 3.25. The first-order chi connectivity index (χ1) is 12.6. The molecule has 1 aliphatic rings. The number of carbonyl (C=O) groups is 1. The highest BCUT2D eigenvalue weighted by molar-refractivity contribution is 6.30. The van der Waals surface area contributed by atoms with Crippen molar-refractivity contribution in [2.75, 3.05) is 13.1 Å². The zero-order chi connectivity index (χ0) is 18.4. The molecule has 1 fully saturated rings. The fourth-order valence-electron chi connectivity index (χ4n) is 3.12. The van der Waals surface area contributed by atoms with Crippen LogP contribution in [0.25, 0.3) is 0 Å². The lowest BCUT2D eigenvalue weighted by molar-refractivity contribution is -0.140. The van der Waals surface area contributed by atoms with Gasteiger partial charge in [-0.15, -0.1) is 0 Å². The Labute approximate surface area is 158 Å². The number of amides is 1. The van der Waals surface area contributed by atoms with Crippen LogP contribution in [0.2, 0.25) is 5.02 Å². The number of piperidine rings is 1. The molecule has 140 valence electrons. The minimum Gasteiger partial charge on any atom is -0.477 e. The summed E-state index contributed by atoms with van der Waals surface area (Å²) in [4.78, 5) is 13.1. The predicted molar refractivity (Wildman–Crippen MR) is 101 cm³/mol. The largest absolute Gasteiger partial charge is 0.477 e. The van der Waals surface area contributed by atoms with Crippen molar-refractivity contribution < 1.29 is 9.53 Å². The van der Waals surface area contributed by atoms with Gasteiger partial charge in [-0.05, 0) is 56.8 Å². The van der Waals surface area contributed by atoms with Crippen LogP contribution in [0, 0.1) is 0 Å². The highest BCUT2D eigenvalue weighted by Crippen LogP contribution is 2.28. The van der Waals surface area contributed by atoms with Gasteiger partial charge in [0.15, 0.2) is 5.60 Å². The Morgan fingerprint density at radius 2 is 2.12 bits per heavy atom. The molecular formula is C19H25ClN4O2. The van der Waals surface area contributed by atoms with Crippen molar-refractivity contribution in [3.63, 3.8) is 0 Å².